The van der Waals surface area contributed by atoms with Gasteiger partial charge in [0.1, 0.15) is 0 Å². The molecular weight excluding hydrogens is 321 g/mol. The summed E-state index contributed by atoms with van der Waals surface area (Å²) in [5.41, 5.74) is 5.19. The molecule has 0 aromatic rings. The fourth-order valence-electron chi connectivity index (χ4n) is 0.997. The van der Waals surface area contributed by atoms with Crippen LogP contribution in [0.15, 0.2) is 0 Å². The SMILES string of the molecule is C.C[Si](C)(O)O[Si](O)(O)CCCNCN.[Y]. The van der Waals surface area contributed by atoms with Gasteiger partial charge in [-0.25, -0.2) is 0 Å². The summed E-state index contributed by atoms with van der Waals surface area (Å²) in [5, 5.41) is 2.85. The van der Waals surface area contributed by atoms with E-state index in [-0.39, 0.29) is 46.2 Å². The van der Waals surface area contributed by atoms with Crippen molar-refractivity contribution in [2.24, 2.45) is 5.73 Å². The van der Waals surface area contributed by atoms with Gasteiger partial charge in [-0.1, -0.05) is 7.43 Å². The molecule has 0 atom stereocenters. The van der Waals surface area contributed by atoms with Crippen LogP contribution in [0.2, 0.25) is 19.1 Å². The summed E-state index contributed by atoms with van der Waals surface area (Å²) in [6.45, 7) is 3.98. The maximum atomic E-state index is 9.44. The molecule has 97 valence electrons. The molecule has 0 bridgehead atoms. The standard InChI is InChI=1S/C6H20N2O4Si2.CH4.Y/c1-13(2,9)12-14(10,11)5-3-4-8-6-7;;/h8-11H,3-7H2,1-2H3;1H4;. The van der Waals surface area contributed by atoms with Gasteiger partial charge in [0.2, 0.25) is 0 Å². The largest absolute Gasteiger partial charge is 0.486 e. The molecule has 0 fully saturated rings. The summed E-state index contributed by atoms with van der Waals surface area (Å²) in [4.78, 5) is 28.2. The first-order chi connectivity index (χ1) is 6.27. The third kappa shape index (κ3) is 15.3. The quantitative estimate of drug-likeness (QED) is 0.234. The first-order valence-corrected chi connectivity index (χ1v) is 9.41. The molecule has 0 aromatic carbocycles. The first-order valence-electron chi connectivity index (χ1n) is 4.55. The van der Waals surface area contributed by atoms with Crippen LogP contribution < -0.4 is 11.1 Å². The second-order valence-corrected chi connectivity index (χ2v) is 9.30. The molecule has 6 N–H and O–H groups in total. The molecular formula is C7H24N2O4Si2Y. The average Bonchev–Trinajstić information content (AvgIpc) is 1.93. The van der Waals surface area contributed by atoms with Gasteiger partial charge in [-0.15, -0.1) is 0 Å². The molecule has 0 aliphatic carbocycles. The predicted molar refractivity (Wildman–Crippen MR) is 64.2 cm³/mol. The van der Waals surface area contributed by atoms with Gasteiger partial charge in [-0.2, -0.15) is 0 Å². The molecule has 0 saturated heterocycles. The fourth-order valence-corrected chi connectivity index (χ4v) is 5.24. The molecule has 0 saturated carbocycles. The number of hydrogen-bond acceptors (Lipinski definition) is 6. The summed E-state index contributed by atoms with van der Waals surface area (Å²) in [7, 11) is -6.50. The fraction of sp³-hybridized carbons (Fsp3) is 1.00. The van der Waals surface area contributed by atoms with E-state index in [0.717, 1.165) is 0 Å². The minimum atomic E-state index is -3.66. The summed E-state index contributed by atoms with van der Waals surface area (Å²) in [6.07, 6.45) is 0.570. The predicted octanol–water partition coefficient (Wildman–Crippen LogP) is -0.850. The van der Waals surface area contributed by atoms with Gasteiger partial charge in [0.15, 0.2) is 0 Å². The summed E-state index contributed by atoms with van der Waals surface area (Å²) >= 11 is 0. The smallest absolute Gasteiger partial charge is 0.411 e. The molecule has 0 rings (SSSR count). The third-order valence-electron chi connectivity index (χ3n) is 1.41. The van der Waals surface area contributed by atoms with E-state index in [4.69, 9.17) is 9.85 Å². The van der Waals surface area contributed by atoms with Crippen LogP contribution in [0.4, 0.5) is 0 Å². The maximum absolute atomic E-state index is 9.44. The van der Waals surface area contributed by atoms with Gasteiger partial charge in [0.05, 0.1) is 0 Å². The first kappa shape index (κ1) is 22.5. The van der Waals surface area contributed by atoms with Gasteiger partial charge >= 0.3 is 17.4 Å². The zero-order chi connectivity index (χ0) is 11.2. The molecule has 1 radical (unpaired) electrons. The van der Waals surface area contributed by atoms with Crippen molar-refractivity contribution >= 4 is 17.4 Å². The summed E-state index contributed by atoms with van der Waals surface area (Å²) in [6, 6.07) is 0.178. The summed E-state index contributed by atoms with van der Waals surface area (Å²) < 4.78 is 4.89. The average molecular weight is 345 g/mol. The van der Waals surface area contributed by atoms with Crippen LogP contribution in [-0.2, 0) is 36.8 Å². The van der Waals surface area contributed by atoms with E-state index in [0.29, 0.717) is 19.6 Å². The van der Waals surface area contributed by atoms with E-state index < -0.39 is 17.4 Å². The van der Waals surface area contributed by atoms with Crippen LogP contribution in [0, 0.1) is 0 Å². The van der Waals surface area contributed by atoms with Crippen LogP contribution in [0.1, 0.15) is 13.8 Å². The van der Waals surface area contributed by atoms with Crippen molar-refractivity contribution in [1.82, 2.24) is 5.32 Å². The Morgan fingerprint density at radius 3 is 2.12 bits per heavy atom. The molecule has 16 heavy (non-hydrogen) atoms. The van der Waals surface area contributed by atoms with E-state index in [1.165, 1.54) is 13.1 Å². The molecule has 9 heteroatoms. The molecule has 0 aromatic heterocycles. The topological polar surface area (TPSA) is 108 Å². The Bertz CT molecular complexity index is 169. The Kier molecular flexibility index (Phi) is 14.4. The normalized spacial score (nSPS) is 11.6. The maximum Gasteiger partial charge on any atom is 0.486 e. The molecule has 0 unspecified atom stereocenters. The van der Waals surface area contributed by atoms with Crippen molar-refractivity contribution in [3.8, 4) is 0 Å². The van der Waals surface area contributed by atoms with Crippen molar-refractivity contribution in [2.75, 3.05) is 13.2 Å². The van der Waals surface area contributed by atoms with Gasteiger partial charge in [-0.05, 0) is 26.1 Å². The minimum Gasteiger partial charge on any atom is -0.411 e. The number of hydrogen-bond donors (Lipinski definition) is 5. The van der Waals surface area contributed by atoms with Crippen LogP contribution in [0.25, 0.3) is 0 Å². The summed E-state index contributed by atoms with van der Waals surface area (Å²) in [5.74, 6) is 0. The van der Waals surface area contributed by atoms with Gasteiger partial charge in [-0.3, -0.25) is 0 Å². The Balaban J connectivity index is -0.000000845. The van der Waals surface area contributed by atoms with Crippen molar-refractivity contribution in [3.63, 3.8) is 0 Å². The van der Waals surface area contributed by atoms with E-state index in [1.807, 2.05) is 0 Å². The van der Waals surface area contributed by atoms with Gasteiger partial charge in [0, 0.05) is 45.4 Å². The van der Waals surface area contributed by atoms with E-state index in [2.05, 4.69) is 5.32 Å². The Labute approximate surface area is 125 Å². The van der Waals surface area contributed by atoms with Crippen LogP contribution >= 0.6 is 0 Å². The Hall–Kier alpha value is 1.30. The van der Waals surface area contributed by atoms with Crippen molar-refractivity contribution in [3.05, 3.63) is 0 Å². The molecule has 0 spiro atoms. The molecule has 0 amide bonds. The van der Waals surface area contributed by atoms with E-state index >= 15 is 0 Å². The number of nitrogens with two attached hydrogens (primary N) is 1. The molecule has 0 aliphatic heterocycles. The Morgan fingerprint density at radius 1 is 1.25 bits per heavy atom. The third-order valence-corrected chi connectivity index (χ3v) is 5.72. The zero-order valence-corrected chi connectivity index (χ0v) is 14.1. The molecule has 0 heterocycles. The number of rotatable bonds is 7. The zero-order valence-electron chi connectivity index (χ0n) is 9.23. The minimum absolute atomic E-state index is 0. The van der Waals surface area contributed by atoms with Crippen LogP contribution in [0.5, 0.6) is 0 Å². The van der Waals surface area contributed by atoms with Crippen LogP contribution in [0.3, 0.4) is 0 Å². The Morgan fingerprint density at radius 2 is 1.75 bits per heavy atom. The van der Waals surface area contributed by atoms with Crippen LogP contribution in [-0.4, -0.2) is 45.0 Å². The monoisotopic (exact) mass is 345 g/mol. The van der Waals surface area contributed by atoms with E-state index in [1.54, 1.807) is 0 Å². The number of nitrogens with one attached hydrogen (secondary N) is 1. The second kappa shape index (κ2) is 10.2. The van der Waals surface area contributed by atoms with Gasteiger partial charge in [0.25, 0.3) is 0 Å². The van der Waals surface area contributed by atoms with Crippen molar-refractivity contribution < 1.29 is 51.2 Å². The van der Waals surface area contributed by atoms with Crippen molar-refractivity contribution in [1.29, 1.82) is 0 Å². The van der Waals surface area contributed by atoms with Crippen molar-refractivity contribution in [2.45, 2.75) is 33.0 Å². The molecule has 6 nitrogen and oxygen atoms in total. The van der Waals surface area contributed by atoms with Gasteiger partial charge < -0.3 is 29.6 Å². The molecule has 0 aliphatic rings. The van der Waals surface area contributed by atoms with E-state index in [9.17, 15) is 14.4 Å². The second-order valence-electron chi connectivity index (χ2n) is 3.60.